The Hall–Kier alpha value is -4.05. The van der Waals surface area contributed by atoms with Crippen LogP contribution in [0.3, 0.4) is 0 Å². The van der Waals surface area contributed by atoms with E-state index in [-0.39, 0.29) is 37.5 Å². The molecule has 0 radical (unpaired) electrons. The minimum atomic E-state index is -0.519. The Kier molecular flexibility index (Phi) is 5.81. The summed E-state index contributed by atoms with van der Waals surface area (Å²) in [7, 11) is 0. The van der Waals surface area contributed by atoms with Crippen molar-refractivity contribution in [2.45, 2.75) is 25.4 Å². The number of rotatable bonds is 6. The molecule has 2 aromatic rings. The fourth-order valence-electron chi connectivity index (χ4n) is 4.24. The summed E-state index contributed by atoms with van der Waals surface area (Å²) in [5.74, 6) is 0.271. The molecular weight excluding hydrogens is 440 g/mol. The summed E-state index contributed by atoms with van der Waals surface area (Å²) in [5.41, 5.74) is 4.91. The van der Waals surface area contributed by atoms with E-state index in [1.165, 1.54) is 4.90 Å². The number of hydrogen-bond acceptors (Lipinski definition) is 8. The maximum Gasteiger partial charge on any atom is 0.340 e. The first-order valence-electron chi connectivity index (χ1n) is 11.0. The Balaban J connectivity index is 1.23. The van der Waals surface area contributed by atoms with Crippen LogP contribution in [0.5, 0.6) is 11.5 Å². The lowest BCUT2D eigenvalue weighted by Crippen LogP contribution is -2.49. The van der Waals surface area contributed by atoms with Crippen LogP contribution in [0.25, 0.3) is 0 Å². The molecular formula is C24H24N4O6. The van der Waals surface area contributed by atoms with E-state index >= 15 is 0 Å². The van der Waals surface area contributed by atoms with Gasteiger partial charge in [0.2, 0.25) is 12.7 Å². The van der Waals surface area contributed by atoms with E-state index in [0.29, 0.717) is 23.6 Å². The molecule has 2 amide bonds. The van der Waals surface area contributed by atoms with Crippen LogP contribution in [-0.2, 0) is 14.3 Å². The van der Waals surface area contributed by atoms with Crippen LogP contribution in [0.1, 0.15) is 35.3 Å². The number of nitrogens with zero attached hydrogens (tertiary/aromatic N) is 2. The van der Waals surface area contributed by atoms with Crippen molar-refractivity contribution >= 4 is 23.5 Å². The summed E-state index contributed by atoms with van der Waals surface area (Å²) in [5, 5.41) is 4.48. The third-order valence-electron chi connectivity index (χ3n) is 5.88. The van der Waals surface area contributed by atoms with Crippen LogP contribution < -0.4 is 20.2 Å². The Morgan fingerprint density at radius 1 is 1.15 bits per heavy atom. The van der Waals surface area contributed by atoms with E-state index < -0.39 is 17.9 Å². The van der Waals surface area contributed by atoms with Crippen molar-refractivity contribution in [1.82, 2.24) is 15.3 Å². The quantitative estimate of drug-likeness (QED) is 0.626. The second-order valence-electron chi connectivity index (χ2n) is 8.03. The van der Waals surface area contributed by atoms with Gasteiger partial charge in [-0.2, -0.15) is 0 Å². The molecule has 10 heteroatoms. The molecule has 1 fully saturated rings. The number of hydrazine groups is 1. The van der Waals surface area contributed by atoms with Gasteiger partial charge in [-0.1, -0.05) is 18.2 Å². The molecule has 0 bridgehead atoms. The van der Waals surface area contributed by atoms with Crippen LogP contribution in [-0.4, -0.2) is 53.7 Å². The number of carbonyl (C=O) groups excluding carboxylic acids is 3. The monoisotopic (exact) mass is 464 g/mol. The predicted molar refractivity (Wildman–Crippen MR) is 121 cm³/mol. The maximum atomic E-state index is 13.1. The maximum absolute atomic E-state index is 13.1. The van der Waals surface area contributed by atoms with E-state index in [0.717, 1.165) is 5.56 Å². The number of carbonyl (C=O) groups is 3. The van der Waals surface area contributed by atoms with Gasteiger partial charge in [0.05, 0.1) is 23.9 Å². The Bertz CT molecular complexity index is 1170. The first-order valence-corrected chi connectivity index (χ1v) is 11.0. The van der Waals surface area contributed by atoms with Gasteiger partial charge in [0, 0.05) is 12.4 Å². The van der Waals surface area contributed by atoms with Gasteiger partial charge in [-0.05, 0) is 43.2 Å². The SMILES string of the molecule is CCOC(=O)c1ccccc1NC(=O)CN1C=CN2NC(c3ccc4c(c3)OCO4)CC2C1=O. The fraction of sp³-hybridized carbons (Fsp3) is 0.292. The van der Waals surface area contributed by atoms with Crippen molar-refractivity contribution in [3.8, 4) is 11.5 Å². The molecule has 3 aliphatic rings. The molecule has 5 rings (SSSR count). The molecule has 2 atom stereocenters. The second-order valence-corrected chi connectivity index (χ2v) is 8.03. The number of para-hydroxylation sites is 1. The van der Waals surface area contributed by atoms with Crippen LogP contribution >= 0.6 is 0 Å². The lowest BCUT2D eigenvalue weighted by Gasteiger charge is -2.31. The third-order valence-corrected chi connectivity index (χ3v) is 5.88. The average molecular weight is 464 g/mol. The number of nitrogens with one attached hydrogen (secondary N) is 2. The van der Waals surface area contributed by atoms with E-state index in [2.05, 4.69) is 10.7 Å². The molecule has 0 spiro atoms. The number of ether oxygens (including phenoxy) is 3. The second kappa shape index (κ2) is 9.06. The number of amides is 2. The van der Waals surface area contributed by atoms with Gasteiger partial charge >= 0.3 is 5.97 Å². The summed E-state index contributed by atoms with van der Waals surface area (Å²) in [6, 6.07) is 11.8. The molecule has 0 aliphatic carbocycles. The van der Waals surface area contributed by atoms with E-state index in [9.17, 15) is 14.4 Å². The highest BCUT2D eigenvalue weighted by atomic mass is 16.7. The van der Waals surface area contributed by atoms with Gasteiger partial charge < -0.3 is 29.4 Å². The Morgan fingerprint density at radius 3 is 2.82 bits per heavy atom. The largest absolute Gasteiger partial charge is 0.462 e. The number of hydrogen-bond donors (Lipinski definition) is 2. The predicted octanol–water partition coefficient (Wildman–Crippen LogP) is 2.16. The summed E-state index contributed by atoms with van der Waals surface area (Å²) >= 11 is 0. The molecule has 2 unspecified atom stereocenters. The van der Waals surface area contributed by atoms with Crippen molar-refractivity contribution in [1.29, 1.82) is 0 Å². The lowest BCUT2D eigenvalue weighted by molar-refractivity contribution is -0.137. The third kappa shape index (κ3) is 4.15. The summed E-state index contributed by atoms with van der Waals surface area (Å²) in [6.07, 6.45) is 3.86. The molecule has 2 N–H and O–H groups in total. The van der Waals surface area contributed by atoms with Crippen LogP contribution in [0, 0.1) is 0 Å². The smallest absolute Gasteiger partial charge is 0.340 e. The highest BCUT2D eigenvalue weighted by Gasteiger charge is 2.40. The zero-order valence-corrected chi connectivity index (χ0v) is 18.5. The number of esters is 1. The van der Waals surface area contributed by atoms with E-state index in [1.54, 1.807) is 48.6 Å². The summed E-state index contributed by atoms with van der Waals surface area (Å²) in [6.45, 7) is 1.97. The molecule has 10 nitrogen and oxygen atoms in total. The van der Waals surface area contributed by atoms with Crippen molar-refractivity contribution in [2.75, 3.05) is 25.3 Å². The molecule has 0 aromatic heterocycles. The molecule has 34 heavy (non-hydrogen) atoms. The van der Waals surface area contributed by atoms with Gasteiger partial charge in [0.1, 0.15) is 12.6 Å². The average Bonchev–Trinajstić information content (AvgIpc) is 3.48. The minimum absolute atomic E-state index is 0.0849. The Labute approximate surface area is 196 Å². The summed E-state index contributed by atoms with van der Waals surface area (Å²) < 4.78 is 15.9. The number of fused-ring (bicyclic) bond motifs is 2. The van der Waals surface area contributed by atoms with Crippen LogP contribution in [0.15, 0.2) is 54.9 Å². The molecule has 1 saturated heterocycles. The molecule has 3 heterocycles. The zero-order chi connectivity index (χ0) is 23.7. The van der Waals surface area contributed by atoms with Gasteiger partial charge in [-0.15, -0.1) is 0 Å². The first-order chi connectivity index (χ1) is 16.5. The normalized spacial score (nSPS) is 20.3. The highest BCUT2D eigenvalue weighted by molar-refractivity contribution is 6.02. The van der Waals surface area contributed by atoms with Crippen LogP contribution in [0.2, 0.25) is 0 Å². The van der Waals surface area contributed by atoms with Crippen molar-refractivity contribution in [3.05, 3.63) is 66.0 Å². The van der Waals surface area contributed by atoms with Gasteiger partial charge in [0.15, 0.2) is 11.5 Å². The number of anilines is 1. The highest BCUT2D eigenvalue weighted by Crippen LogP contribution is 2.37. The van der Waals surface area contributed by atoms with E-state index in [1.807, 2.05) is 18.2 Å². The Morgan fingerprint density at radius 2 is 1.97 bits per heavy atom. The van der Waals surface area contributed by atoms with Crippen molar-refractivity contribution < 1.29 is 28.6 Å². The molecule has 176 valence electrons. The van der Waals surface area contributed by atoms with Gasteiger partial charge in [-0.25, -0.2) is 10.2 Å². The van der Waals surface area contributed by atoms with Gasteiger partial charge in [0.25, 0.3) is 5.91 Å². The minimum Gasteiger partial charge on any atom is -0.462 e. The van der Waals surface area contributed by atoms with E-state index in [4.69, 9.17) is 14.2 Å². The lowest BCUT2D eigenvalue weighted by atomic mass is 10.0. The number of benzene rings is 2. The topological polar surface area (TPSA) is 109 Å². The standard InChI is InChI=1S/C24H24N4O6/c1-2-32-24(31)16-5-3-4-6-17(16)25-22(29)13-27-9-10-28-19(23(27)30)12-18(26-28)15-7-8-20-21(11-15)34-14-33-20/h3-11,18-19,26H,2,12-14H2,1H3,(H,25,29). The van der Waals surface area contributed by atoms with Gasteiger partial charge in [-0.3, -0.25) is 9.59 Å². The summed E-state index contributed by atoms with van der Waals surface area (Å²) in [4.78, 5) is 39.3. The van der Waals surface area contributed by atoms with Crippen molar-refractivity contribution in [3.63, 3.8) is 0 Å². The van der Waals surface area contributed by atoms with Crippen molar-refractivity contribution in [2.24, 2.45) is 0 Å². The molecule has 3 aliphatic heterocycles. The molecule has 0 saturated carbocycles. The zero-order valence-electron chi connectivity index (χ0n) is 18.5. The molecule has 2 aromatic carbocycles. The first kappa shape index (κ1) is 21.8. The fourth-order valence-corrected chi connectivity index (χ4v) is 4.24. The van der Waals surface area contributed by atoms with Crippen LogP contribution in [0.4, 0.5) is 5.69 Å².